The molecule has 0 saturated carbocycles. The van der Waals surface area contributed by atoms with Gasteiger partial charge in [0.1, 0.15) is 18.1 Å². The van der Waals surface area contributed by atoms with E-state index < -0.39 is 5.97 Å². The molecule has 3 rings (SSSR count). The highest BCUT2D eigenvalue weighted by atomic mass is 16.5. The fourth-order valence-electron chi connectivity index (χ4n) is 3.39. The number of ether oxygens (including phenoxy) is 2. The van der Waals surface area contributed by atoms with Crippen LogP contribution in [-0.4, -0.2) is 22.2 Å². The van der Waals surface area contributed by atoms with Crippen molar-refractivity contribution >= 4 is 5.97 Å². The Bertz CT molecular complexity index is 1070. The van der Waals surface area contributed by atoms with E-state index in [-0.39, 0.29) is 24.2 Å². The maximum atomic E-state index is 11.8. The summed E-state index contributed by atoms with van der Waals surface area (Å²) in [5.41, 5.74) is 4.13. The second-order valence-corrected chi connectivity index (χ2v) is 8.14. The van der Waals surface area contributed by atoms with E-state index in [1.165, 1.54) is 0 Å². The first kappa shape index (κ1) is 22.3. The van der Waals surface area contributed by atoms with Gasteiger partial charge in [0.15, 0.2) is 0 Å². The number of hydrogen-bond donors (Lipinski definition) is 1. The molecule has 0 aliphatic rings. The minimum Gasteiger partial charge on any atom is -0.490 e. The van der Waals surface area contributed by atoms with Gasteiger partial charge in [-0.3, -0.25) is 0 Å². The third kappa shape index (κ3) is 5.43. The van der Waals surface area contributed by atoms with E-state index in [2.05, 4.69) is 18.8 Å². The topological polar surface area (TPSA) is 68.7 Å². The summed E-state index contributed by atoms with van der Waals surface area (Å²) < 4.78 is 12.0. The maximum absolute atomic E-state index is 11.8. The van der Waals surface area contributed by atoms with Crippen LogP contribution in [-0.2, 0) is 6.61 Å². The van der Waals surface area contributed by atoms with E-state index in [4.69, 9.17) is 9.47 Å². The van der Waals surface area contributed by atoms with Crippen molar-refractivity contribution < 1.29 is 19.4 Å². The number of benzene rings is 2. The number of aromatic nitrogens is 1. The van der Waals surface area contributed by atoms with Crippen LogP contribution in [0.3, 0.4) is 0 Å². The van der Waals surface area contributed by atoms with E-state index in [0.717, 1.165) is 22.4 Å². The van der Waals surface area contributed by atoms with Gasteiger partial charge in [0.25, 0.3) is 0 Å². The normalized spacial score (nSPS) is 11.1. The molecule has 0 saturated heterocycles. The first-order valence-electron chi connectivity index (χ1n) is 10.5. The maximum Gasteiger partial charge on any atom is 0.337 e. The van der Waals surface area contributed by atoms with E-state index in [9.17, 15) is 9.90 Å². The van der Waals surface area contributed by atoms with E-state index in [1.54, 1.807) is 12.1 Å². The van der Waals surface area contributed by atoms with Gasteiger partial charge in [-0.25, -0.2) is 9.78 Å². The molecule has 162 valence electrons. The smallest absolute Gasteiger partial charge is 0.337 e. The number of carboxylic acids is 1. The van der Waals surface area contributed by atoms with Crippen LogP contribution in [0.4, 0.5) is 0 Å². The lowest BCUT2D eigenvalue weighted by atomic mass is 10.0. The number of hydrogen-bond acceptors (Lipinski definition) is 4. The van der Waals surface area contributed by atoms with Crippen LogP contribution >= 0.6 is 0 Å². The Morgan fingerprint density at radius 3 is 2.42 bits per heavy atom. The number of carbonyl (C=O) groups is 1. The van der Waals surface area contributed by atoms with E-state index in [1.807, 2.05) is 63.2 Å². The first-order chi connectivity index (χ1) is 14.8. The molecule has 0 aliphatic heterocycles. The summed E-state index contributed by atoms with van der Waals surface area (Å²) in [7, 11) is 0. The summed E-state index contributed by atoms with van der Waals surface area (Å²) in [5.74, 6) is 0.712. The standard InChI is InChI=1S/C26H29NO4/c1-16(2)19-8-6-7-9-24(19)30-15-23-20(26(28)29)11-12-22(27-23)21-14-18(5)10-13-25(21)31-17(3)4/h6-14,16-17H,15H2,1-5H3,(H,28,29). The third-order valence-electron chi connectivity index (χ3n) is 4.88. The van der Waals surface area contributed by atoms with Crippen LogP contribution in [0, 0.1) is 6.92 Å². The zero-order valence-electron chi connectivity index (χ0n) is 18.7. The molecule has 0 aliphatic carbocycles. The van der Waals surface area contributed by atoms with Gasteiger partial charge in [-0.2, -0.15) is 0 Å². The quantitative estimate of drug-likeness (QED) is 0.468. The molecule has 5 nitrogen and oxygen atoms in total. The molecule has 0 atom stereocenters. The lowest BCUT2D eigenvalue weighted by molar-refractivity contribution is 0.0693. The predicted molar refractivity (Wildman–Crippen MR) is 122 cm³/mol. The zero-order chi connectivity index (χ0) is 22.5. The SMILES string of the molecule is Cc1ccc(OC(C)C)c(-c2ccc(C(=O)O)c(COc3ccccc3C(C)C)n2)c1. The highest BCUT2D eigenvalue weighted by Crippen LogP contribution is 2.32. The fraction of sp³-hybridized carbons (Fsp3) is 0.308. The lowest BCUT2D eigenvalue weighted by Gasteiger charge is -2.17. The van der Waals surface area contributed by atoms with Gasteiger partial charge in [-0.05, 0) is 62.6 Å². The summed E-state index contributed by atoms with van der Waals surface area (Å²) in [4.78, 5) is 16.5. The van der Waals surface area contributed by atoms with Gasteiger partial charge in [0, 0.05) is 5.56 Å². The molecule has 1 heterocycles. The molecule has 5 heteroatoms. The Kier molecular flexibility index (Phi) is 6.95. The van der Waals surface area contributed by atoms with E-state index in [0.29, 0.717) is 17.1 Å². The Hall–Kier alpha value is -3.34. The number of rotatable bonds is 8. The van der Waals surface area contributed by atoms with Gasteiger partial charge in [-0.1, -0.05) is 43.7 Å². The van der Waals surface area contributed by atoms with Crippen molar-refractivity contribution in [1.29, 1.82) is 0 Å². The molecule has 0 bridgehead atoms. The van der Waals surface area contributed by atoms with Gasteiger partial charge in [-0.15, -0.1) is 0 Å². The summed E-state index contributed by atoms with van der Waals surface area (Å²) in [6.07, 6.45) is 0.00934. The molecule has 0 radical (unpaired) electrons. The summed E-state index contributed by atoms with van der Waals surface area (Å²) >= 11 is 0. The molecule has 0 unspecified atom stereocenters. The summed E-state index contributed by atoms with van der Waals surface area (Å²) in [6.45, 7) is 10.2. The average molecular weight is 420 g/mol. The van der Waals surface area contributed by atoms with Gasteiger partial charge >= 0.3 is 5.97 Å². The molecule has 2 aromatic carbocycles. The number of aromatic carboxylic acids is 1. The molecular formula is C26H29NO4. The Balaban J connectivity index is 2.00. The van der Waals surface area contributed by atoms with Crippen molar-refractivity contribution in [1.82, 2.24) is 4.98 Å². The molecule has 0 fully saturated rings. The number of nitrogens with zero attached hydrogens (tertiary/aromatic N) is 1. The van der Waals surface area contributed by atoms with Crippen molar-refractivity contribution in [2.75, 3.05) is 0 Å². The summed E-state index contributed by atoms with van der Waals surface area (Å²) in [6, 6.07) is 17.0. The molecule has 1 N–H and O–H groups in total. The Morgan fingerprint density at radius 2 is 1.74 bits per heavy atom. The predicted octanol–water partition coefficient (Wildman–Crippen LogP) is 6.24. The molecular weight excluding hydrogens is 390 g/mol. The van der Waals surface area contributed by atoms with E-state index >= 15 is 0 Å². The van der Waals surface area contributed by atoms with Crippen molar-refractivity contribution in [3.05, 3.63) is 77.0 Å². The number of pyridine rings is 1. The van der Waals surface area contributed by atoms with Crippen LogP contribution < -0.4 is 9.47 Å². The molecule has 1 aromatic heterocycles. The first-order valence-corrected chi connectivity index (χ1v) is 10.5. The highest BCUT2D eigenvalue weighted by molar-refractivity contribution is 5.89. The minimum absolute atomic E-state index is 0.00934. The number of para-hydroxylation sites is 1. The van der Waals surface area contributed by atoms with Crippen LogP contribution in [0.15, 0.2) is 54.6 Å². The number of aryl methyl sites for hydroxylation is 1. The lowest BCUT2D eigenvalue weighted by Crippen LogP contribution is -2.10. The van der Waals surface area contributed by atoms with Crippen molar-refractivity contribution in [2.45, 2.75) is 53.2 Å². The third-order valence-corrected chi connectivity index (χ3v) is 4.88. The van der Waals surface area contributed by atoms with Crippen LogP contribution in [0.2, 0.25) is 0 Å². The molecule has 0 amide bonds. The van der Waals surface area contributed by atoms with Crippen molar-refractivity contribution in [2.24, 2.45) is 0 Å². The molecule has 0 spiro atoms. The fourth-order valence-corrected chi connectivity index (χ4v) is 3.39. The van der Waals surface area contributed by atoms with Gasteiger partial charge in [0.2, 0.25) is 0 Å². The Morgan fingerprint density at radius 1 is 1.00 bits per heavy atom. The summed E-state index contributed by atoms with van der Waals surface area (Å²) in [5, 5.41) is 9.66. The zero-order valence-corrected chi connectivity index (χ0v) is 18.7. The van der Waals surface area contributed by atoms with Gasteiger partial charge < -0.3 is 14.6 Å². The molecule has 31 heavy (non-hydrogen) atoms. The minimum atomic E-state index is -1.03. The van der Waals surface area contributed by atoms with Crippen LogP contribution in [0.5, 0.6) is 11.5 Å². The van der Waals surface area contributed by atoms with Crippen molar-refractivity contribution in [3.63, 3.8) is 0 Å². The van der Waals surface area contributed by atoms with Gasteiger partial charge in [0.05, 0.1) is 23.1 Å². The van der Waals surface area contributed by atoms with Crippen LogP contribution in [0.1, 0.15) is 60.8 Å². The second-order valence-electron chi connectivity index (χ2n) is 8.14. The van der Waals surface area contributed by atoms with Crippen LogP contribution in [0.25, 0.3) is 11.3 Å². The molecule has 3 aromatic rings. The Labute approximate surface area is 183 Å². The highest BCUT2D eigenvalue weighted by Gasteiger charge is 2.17. The largest absolute Gasteiger partial charge is 0.490 e. The monoisotopic (exact) mass is 419 g/mol. The average Bonchev–Trinajstić information content (AvgIpc) is 2.73. The second kappa shape index (κ2) is 9.65. The van der Waals surface area contributed by atoms with Crippen molar-refractivity contribution in [3.8, 4) is 22.8 Å². The number of carboxylic acid groups (broad SMARTS) is 1.